The molecule has 0 bridgehead atoms. The van der Waals surface area contributed by atoms with Gasteiger partial charge in [0.2, 0.25) is 0 Å². The van der Waals surface area contributed by atoms with Crippen LogP contribution in [0.1, 0.15) is 22.5 Å². The molecule has 4 nitrogen and oxygen atoms in total. The Bertz CT molecular complexity index is 578. The zero-order valence-corrected chi connectivity index (χ0v) is 11.3. The molecular weight excluding hydrogens is 259 g/mol. The van der Waals surface area contributed by atoms with Crippen LogP contribution in [0, 0.1) is 12.7 Å². The number of rotatable bonds is 5. The van der Waals surface area contributed by atoms with Gasteiger partial charge in [0, 0.05) is 12.2 Å². The number of carbonyl (C=O) groups excluding carboxylic acids is 1. The van der Waals surface area contributed by atoms with Crippen molar-refractivity contribution in [2.45, 2.75) is 13.3 Å². The second kappa shape index (κ2) is 6.34. The van der Waals surface area contributed by atoms with Crippen LogP contribution in [0.15, 0.2) is 41.0 Å². The molecule has 1 aromatic carbocycles. The van der Waals surface area contributed by atoms with E-state index in [2.05, 4.69) is 0 Å². The Morgan fingerprint density at radius 3 is 2.55 bits per heavy atom. The molecule has 5 heteroatoms. The highest BCUT2D eigenvalue weighted by molar-refractivity contribution is 6.06. The Hall–Kier alpha value is -2.14. The van der Waals surface area contributed by atoms with Crippen molar-refractivity contribution in [3.63, 3.8) is 0 Å². The summed E-state index contributed by atoms with van der Waals surface area (Å²) >= 11 is 0. The van der Waals surface area contributed by atoms with Crippen LogP contribution < -0.4 is 10.6 Å². The SMILES string of the molecule is Cc1occc1C(=O)N(CCCN)c1ccc(F)cc1. The molecular formula is C15H17FN2O2. The molecule has 0 aliphatic carbocycles. The maximum atomic E-state index is 13.0. The molecule has 2 N–H and O–H groups in total. The Labute approximate surface area is 117 Å². The Kier molecular flexibility index (Phi) is 4.53. The predicted molar refractivity (Wildman–Crippen MR) is 75.2 cm³/mol. The number of anilines is 1. The highest BCUT2D eigenvalue weighted by Gasteiger charge is 2.20. The number of hydrogen-bond acceptors (Lipinski definition) is 3. The molecule has 20 heavy (non-hydrogen) atoms. The minimum atomic E-state index is -0.334. The van der Waals surface area contributed by atoms with E-state index in [0.29, 0.717) is 36.5 Å². The lowest BCUT2D eigenvalue weighted by Gasteiger charge is -2.22. The van der Waals surface area contributed by atoms with Crippen LogP contribution in [0.2, 0.25) is 0 Å². The van der Waals surface area contributed by atoms with E-state index in [-0.39, 0.29) is 11.7 Å². The largest absolute Gasteiger partial charge is 0.469 e. The topological polar surface area (TPSA) is 59.5 Å². The van der Waals surface area contributed by atoms with Crippen molar-refractivity contribution in [1.82, 2.24) is 0 Å². The van der Waals surface area contributed by atoms with E-state index in [1.54, 1.807) is 30.0 Å². The van der Waals surface area contributed by atoms with Crippen LogP contribution in [0.5, 0.6) is 0 Å². The monoisotopic (exact) mass is 276 g/mol. The predicted octanol–water partition coefficient (Wildman–Crippen LogP) is 2.72. The van der Waals surface area contributed by atoms with E-state index in [0.717, 1.165) is 0 Å². The van der Waals surface area contributed by atoms with Gasteiger partial charge in [-0.3, -0.25) is 4.79 Å². The Morgan fingerprint density at radius 1 is 1.30 bits per heavy atom. The van der Waals surface area contributed by atoms with E-state index >= 15 is 0 Å². The lowest BCUT2D eigenvalue weighted by Crippen LogP contribution is -2.33. The van der Waals surface area contributed by atoms with Crippen LogP contribution in [-0.4, -0.2) is 19.0 Å². The summed E-state index contributed by atoms with van der Waals surface area (Å²) in [4.78, 5) is 14.1. The summed E-state index contributed by atoms with van der Waals surface area (Å²) in [7, 11) is 0. The standard InChI is InChI=1S/C15H17FN2O2/c1-11-14(7-10-20-11)15(19)18(9-2-8-17)13-5-3-12(16)4-6-13/h3-7,10H,2,8-9,17H2,1H3. The highest BCUT2D eigenvalue weighted by atomic mass is 19.1. The molecule has 0 radical (unpaired) electrons. The number of aryl methyl sites for hydroxylation is 1. The molecule has 2 aromatic rings. The quantitative estimate of drug-likeness (QED) is 0.913. The molecule has 0 saturated carbocycles. The lowest BCUT2D eigenvalue weighted by atomic mass is 10.2. The number of nitrogens with two attached hydrogens (primary N) is 1. The van der Waals surface area contributed by atoms with Gasteiger partial charge in [-0.2, -0.15) is 0 Å². The Morgan fingerprint density at radius 2 is 2.00 bits per heavy atom. The molecule has 1 aromatic heterocycles. The number of furan rings is 1. The minimum absolute atomic E-state index is 0.170. The minimum Gasteiger partial charge on any atom is -0.469 e. The molecule has 0 aliphatic rings. The number of carbonyl (C=O) groups is 1. The second-order valence-electron chi connectivity index (χ2n) is 4.47. The van der Waals surface area contributed by atoms with Gasteiger partial charge in [0.05, 0.1) is 11.8 Å². The van der Waals surface area contributed by atoms with Gasteiger partial charge in [0.15, 0.2) is 0 Å². The van der Waals surface area contributed by atoms with Gasteiger partial charge < -0.3 is 15.1 Å². The third-order valence-electron chi connectivity index (χ3n) is 3.06. The van der Waals surface area contributed by atoms with Crippen molar-refractivity contribution in [2.75, 3.05) is 18.0 Å². The highest BCUT2D eigenvalue weighted by Crippen LogP contribution is 2.20. The van der Waals surface area contributed by atoms with Gasteiger partial charge in [0.1, 0.15) is 11.6 Å². The van der Waals surface area contributed by atoms with E-state index in [9.17, 15) is 9.18 Å². The summed E-state index contributed by atoms with van der Waals surface area (Å²) in [5, 5.41) is 0. The number of hydrogen-bond donors (Lipinski definition) is 1. The molecule has 2 rings (SSSR count). The van der Waals surface area contributed by atoms with Crippen LogP contribution in [0.3, 0.4) is 0 Å². The molecule has 106 valence electrons. The summed E-state index contributed by atoms with van der Waals surface area (Å²) in [6, 6.07) is 7.47. The Balaban J connectivity index is 2.30. The summed E-state index contributed by atoms with van der Waals surface area (Å²) in [5.74, 6) is 0.0608. The average Bonchev–Trinajstić information content (AvgIpc) is 2.87. The van der Waals surface area contributed by atoms with Crippen molar-refractivity contribution in [1.29, 1.82) is 0 Å². The third kappa shape index (κ3) is 3.05. The fraction of sp³-hybridized carbons (Fsp3) is 0.267. The molecule has 0 fully saturated rings. The second-order valence-corrected chi connectivity index (χ2v) is 4.47. The summed E-state index contributed by atoms with van der Waals surface area (Å²) in [5.41, 5.74) is 6.66. The van der Waals surface area contributed by atoms with Gasteiger partial charge in [-0.15, -0.1) is 0 Å². The number of nitrogens with zero attached hydrogens (tertiary/aromatic N) is 1. The molecule has 0 atom stereocenters. The van der Waals surface area contributed by atoms with Crippen molar-refractivity contribution < 1.29 is 13.6 Å². The van der Waals surface area contributed by atoms with Crippen molar-refractivity contribution in [3.05, 3.63) is 53.7 Å². The van der Waals surface area contributed by atoms with Crippen molar-refractivity contribution >= 4 is 11.6 Å². The fourth-order valence-electron chi connectivity index (χ4n) is 1.97. The maximum Gasteiger partial charge on any atom is 0.261 e. The molecule has 0 spiro atoms. The average molecular weight is 276 g/mol. The summed E-state index contributed by atoms with van der Waals surface area (Å²) in [6.45, 7) is 2.69. The number of amides is 1. The summed E-state index contributed by atoms with van der Waals surface area (Å²) < 4.78 is 18.2. The molecule has 1 amide bonds. The van der Waals surface area contributed by atoms with E-state index in [4.69, 9.17) is 10.2 Å². The van der Waals surface area contributed by atoms with Crippen molar-refractivity contribution in [3.8, 4) is 0 Å². The first-order valence-corrected chi connectivity index (χ1v) is 6.45. The molecule has 0 saturated heterocycles. The summed E-state index contributed by atoms with van der Waals surface area (Å²) in [6.07, 6.45) is 2.15. The van der Waals surface area contributed by atoms with Gasteiger partial charge in [0.25, 0.3) is 5.91 Å². The maximum absolute atomic E-state index is 13.0. The van der Waals surface area contributed by atoms with E-state index < -0.39 is 0 Å². The first-order chi connectivity index (χ1) is 9.63. The first kappa shape index (κ1) is 14.3. The van der Waals surface area contributed by atoms with Crippen LogP contribution in [0.4, 0.5) is 10.1 Å². The zero-order valence-electron chi connectivity index (χ0n) is 11.3. The van der Waals surface area contributed by atoms with Crippen molar-refractivity contribution in [2.24, 2.45) is 5.73 Å². The number of halogens is 1. The number of benzene rings is 1. The molecule has 1 heterocycles. The van der Waals surface area contributed by atoms with Gasteiger partial charge >= 0.3 is 0 Å². The third-order valence-corrected chi connectivity index (χ3v) is 3.06. The van der Waals surface area contributed by atoms with Crippen LogP contribution in [-0.2, 0) is 0 Å². The van der Waals surface area contributed by atoms with Crippen LogP contribution in [0.25, 0.3) is 0 Å². The molecule has 0 aliphatic heterocycles. The fourth-order valence-corrected chi connectivity index (χ4v) is 1.97. The van der Waals surface area contributed by atoms with Gasteiger partial charge in [-0.05, 0) is 50.2 Å². The van der Waals surface area contributed by atoms with E-state index in [1.165, 1.54) is 18.4 Å². The van der Waals surface area contributed by atoms with Gasteiger partial charge in [-0.1, -0.05) is 0 Å². The first-order valence-electron chi connectivity index (χ1n) is 6.45. The lowest BCUT2D eigenvalue weighted by molar-refractivity contribution is 0.0985. The normalized spacial score (nSPS) is 10.6. The van der Waals surface area contributed by atoms with E-state index in [1.807, 2.05) is 0 Å². The molecule has 0 unspecified atom stereocenters. The zero-order chi connectivity index (χ0) is 14.5. The van der Waals surface area contributed by atoms with Crippen LogP contribution >= 0.6 is 0 Å². The smallest absolute Gasteiger partial charge is 0.261 e. The van der Waals surface area contributed by atoms with Gasteiger partial charge in [-0.25, -0.2) is 4.39 Å².